The highest BCUT2D eigenvalue weighted by Gasteiger charge is 2.00. The normalized spacial score (nSPS) is 8.75. The largest absolute Gasteiger partial charge is 0.398 e. The second kappa shape index (κ2) is 4.99. The summed E-state index contributed by atoms with van der Waals surface area (Å²) in [6.07, 6.45) is 0. The van der Waals surface area contributed by atoms with Gasteiger partial charge in [0.2, 0.25) is 0 Å². The van der Waals surface area contributed by atoms with Crippen molar-refractivity contribution in [2.45, 2.75) is 27.7 Å². The van der Waals surface area contributed by atoms with Crippen LogP contribution >= 0.6 is 11.6 Å². The van der Waals surface area contributed by atoms with E-state index in [0.29, 0.717) is 10.8 Å². The summed E-state index contributed by atoms with van der Waals surface area (Å²) >= 11 is 5.73. The number of hydrogen-bond donors (Lipinski definition) is 1. The van der Waals surface area contributed by atoms with Gasteiger partial charge in [-0.05, 0) is 19.9 Å². The Labute approximate surface area is 78.8 Å². The van der Waals surface area contributed by atoms with E-state index in [2.05, 4.69) is 4.98 Å². The molecule has 0 unspecified atom stereocenters. The van der Waals surface area contributed by atoms with Crippen LogP contribution in [0.4, 0.5) is 5.69 Å². The first kappa shape index (κ1) is 11.2. The van der Waals surface area contributed by atoms with Gasteiger partial charge in [-0.15, -0.1) is 0 Å². The predicted octanol–water partition coefficient (Wildman–Crippen LogP) is 2.96. The molecular formula is C9H15ClN2. The third-order valence-corrected chi connectivity index (χ3v) is 1.75. The van der Waals surface area contributed by atoms with E-state index < -0.39 is 0 Å². The van der Waals surface area contributed by atoms with E-state index >= 15 is 0 Å². The molecule has 3 heteroatoms. The van der Waals surface area contributed by atoms with Crippen LogP contribution in [0.3, 0.4) is 0 Å². The van der Waals surface area contributed by atoms with E-state index in [1.54, 1.807) is 6.07 Å². The second-order valence-corrected chi connectivity index (χ2v) is 2.63. The van der Waals surface area contributed by atoms with Crippen molar-refractivity contribution in [3.05, 3.63) is 22.5 Å². The first-order valence-corrected chi connectivity index (χ1v) is 4.38. The molecule has 0 aliphatic heterocycles. The maximum Gasteiger partial charge on any atom is 0.134 e. The molecule has 68 valence electrons. The van der Waals surface area contributed by atoms with Crippen LogP contribution in [0.15, 0.2) is 6.07 Å². The Morgan fingerprint density at radius 3 is 2.25 bits per heavy atom. The molecule has 1 aromatic rings. The molecule has 0 fully saturated rings. The summed E-state index contributed by atoms with van der Waals surface area (Å²) in [6, 6.07) is 1.81. The number of nitrogens with two attached hydrogens (primary N) is 1. The highest BCUT2D eigenvalue weighted by molar-refractivity contribution is 6.30. The number of anilines is 1. The van der Waals surface area contributed by atoms with Gasteiger partial charge in [-0.25, -0.2) is 4.98 Å². The molecule has 0 atom stereocenters. The molecule has 1 aromatic heterocycles. The van der Waals surface area contributed by atoms with Gasteiger partial charge in [0.05, 0.1) is 0 Å². The SMILES string of the molecule is CC.Cc1cc(N)c(C)c(Cl)n1. The summed E-state index contributed by atoms with van der Waals surface area (Å²) in [5, 5.41) is 0.498. The number of rotatable bonds is 0. The minimum atomic E-state index is 0.498. The lowest BCUT2D eigenvalue weighted by Crippen LogP contribution is -1.94. The third kappa shape index (κ3) is 2.70. The van der Waals surface area contributed by atoms with Gasteiger partial charge in [-0.3, -0.25) is 0 Å². The number of hydrogen-bond acceptors (Lipinski definition) is 2. The number of aromatic nitrogens is 1. The van der Waals surface area contributed by atoms with Crippen molar-refractivity contribution >= 4 is 17.3 Å². The van der Waals surface area contributed by atoms with Crippen molar-refractivity contribution < 1.29 is 0 Å². The van der Waals surface area contributed by atoms with Gasteiger partial charge in [0.25, 0.3) is 0 Å². The van der Waals surface area contributed by atoms with E-state index in [1.807, 2.05) is 27.7 Å². The Bertz CT molecular complexity index is 236. The Hall–Kier alpha value is -0.760. The summed E-state index contributed by atoms with van der Waals surface area (Å²) in [5.41, 5.74) is 8.01. The Morgan fingerprint density at radius 1 is 1.33 bits per heavy atom. The van der Waals surface area contributed by atoms with Crippen molar-refractivity contribution in [3.8, 4) is 0 Å². The summed E-state index contributed by atoms with van der Waals surface area (Å²) < 4.78 is 0. The zero-order valence-electron chi connectivity index (χ0n) is 7.98. The molecule has 12 heavy (non-hydrogen) atoms. The van der Waals surface area contributed by atoms with Crippen LogP contribution in [0.25, 0.3) is 0 Å². The molecule has 0 spiro atoms. The predicted molar refractivity (Wildman–Crippen MR) is 54.5 cm³/mol. The standard InChI is InChI=1S/C7H9ClN2.C2H6/c1-4-3-6(9)5(2)7(8)10-4;1-2/h3H,1-2H3,(H2,9,10);1-2H3. The van der Waals surface area contributed by atoms with Gasteiger partial charge < -0.3 is 5.73 Å². The number of nitrogens with zero attached hydrogens (tertiary/aromatic N) is 1. The molecule has 2 N–H and O–H groups in total. The van der Waals surface area contributed by atoms with Crippen molar-refractivity contribution in [2.75, 3.05) is 5.73 Å². The lowest BCUT2D eigenvalue weighted by atomic mass is 10.2. The van der Waals surface area contributed by atoms with Crippen molar-refractivity contribution in [2.24, 2.45) is 0 Å². The highest BCUT2D eigenvalue weighted by Crippen LogP contribution is 2.18. The fraction of sp³-hybridized carbons (Fsp3) is 0.444. The van der Waals surface area contributed by atoms with Crippen LogP contribution in [0, 0.1) is 13.8 Å². The van der Waals surface area contributed by atoms with Crippen LogP contribution in [0.1, 0.15) is 25.1 Å². The smallest absolute Gasteiger partial charge is 0.134 e. The lowest BCUT2D eigenvalue weighted by Gasteiger charge is -2.01. The minimum Gasteiger partial charge on any atom is -0.398 e. The fourth-order valence-electron chi connectivity index (χ4n) is 0.723. The fourth-order valence-corrected chi connectivity index (χ4v) is 0.966. The summed E-state index contributed by atoms with van der Waals surface area (Å²) in [4.78, 5) is 4.02. The summed E-state index contributed by atoms with van der Waals surface area (Å²) in [7, 11) is 0. The number of aryl methyl sites for hydroxylation is 1. The Balaban J connectivity index is 0.000000561. The number of nitrogen functional groups attached to an aromatic ring is 1. The zero-order valence-corrected chi connectivity index (χ0v) is 8.74. The van der Waals surface area contributed by atoms with E-state index in [0.717, 1.165) is 11.3 Å². The quantitative estimate of drug-likeness (QED) is 0.633. The molecule has 0 bridgehead atoms. The molecule has 0 aliphatic rings. The third-order valence-electron chi connectivity index (χ3n) is 1.38. The van der Waals surface area contributed by atoms with E-state index in [4.69, 9.17) is 17.3 Å². The highest BCUT2D eigenvalue weighted by atomic mass is 35.5. The summed E-state index contributed by atoms with van der Waals surface area (Å²) in [5.74, 6) is 0. The van der Waals surface area contributed by atoms with E-state index in [1.165, 1.54) is 0 Å². The first-order chi connectivity index (χ1) is 5.61. The molecule has 1 rings (SSSR count). The molecule has 0 aromatic carbocycles. The molecule has 1 heterocycles. The van der Waals surface area contributed by atoms with E-state index in [9.17, 15) is 0 Å². The summed E-state index contributed by atoms with van der Waals surface area (Å²) in [6.45, 7) is 7.71. The van der Waals surface area contributed by atoms with Gasteiger partial charge in [0, 0.05) is 16.9 Å². The van der Waals surface area contributed by atoms with Crippen LogP contribution < -0.4 is 5.73 Å². The Morgan fingerprint density at radius 2 is 1.83 bits per heavy atom. The lowest BCUT2D eigenvalue weighted by molar-refractivity contribution is 1.17. The van der Waals surface area contributed by atoms with Crippen LogP contribution in [-0.2, 0) is 0 Å². The topological polar surface area (TPSA) is 38.9 Å². The molecule has 0 radical (unpaired) electrons. The molecular weight excluding hydrogens is 172 g/mol. The number of halogens is 1. The van der Waals surface area contributed by atoms with Crippen LogP contribution in [-0.4, -0.2) is 4.98 Å². The van der Waals surface area contributed by atoms with Gasteiger partial charge in [-0.2, -0.15) is 0 Å². The van der Waals surface area contributed by atoms with Gasteiger partial charge in [0.15, 0.2) is 0 Å². The molecule has 0 saturated carbocycles. The monoisotopic (exact) mass is 186 g/mol. The maximum atomic E-state index is 5.73. The second-order valence-electron chi connectivity index (χ2n) is 2.27. The van der Waals surface area contributed by atoms with Crippen molar-refractivity contribution in [3.63, 3.8) is 0 Å². The van der Waals surface area contributed by atoms with Gasteiger partial charge in [0.1, 0.15) is 5.15 Å². The van der Waals surface area contributed by atoms with Crippen molar-refractivity contribution in [1.29, 1.82) is 0 Å². The van der Waals surface area contributed by atoms with Gasteiger partial charge >= 0.3 is 0 Å². The molecule has 0 amide bonds. The molecule has 0 saturated heterocycles. The minimum absolute atomic E-state index is 0.498. The Kier molecular flexibility index (Phi) is 4.67. The maximum absolute atomic E-state index is 5.73. The average molecular weight is 187 g/mol. The van der Waals surface area contributed by atoms with E-state index in [-0.39, 0.29) is 0 Å². The van der Waals surface area contributed by atoms with Gasteiger partial charge in [-0.1, -0.05) is 25.4 Å². The zero-order chi connectivity index (χ0) is 9.72. The molecule has 2 nitrogen and oxygen atoms in total. The molecule has 0 aliphatic carbocycles. The number of pyridine rings is 1. The van der Waals surface area contributed by atoms with Crippen LogP contribution in [0.2, 0.25) is 5.15 Å². The van der Waals surface area contributed by atoms with Crippen LogP contribution in [0.5, 0.6) is 0 Å². The average Bonchev–Trinajstić information content (AvgIpc) is 2.04. The first-order valence-electron chi connectivity index (χ1n) is 4.00. The van der Waals surface area contributed by atoms with Crippen molar-refractivity contribution in [1.82, 2.24) is 4.98 Å².